The summed E-state index contributed by atoms with van der Waals surface area (Å²) in [5.74, 6) is 1.11. The molecule has 3 rings (SSSR count). The van der Waals surface area contributed by atoms with E-state index in [2.05, 4.69) is 24.1 Å². The minimum atomic E-state index is -0.146. The Kier molecular flexibility index (Phi) is 5.37. The first-order valence-electron chi connectivity index (χ1n) is 8.98. The van der Waals surface area contributed by atoms with Gasteiger partial charge in [0.1, 0.15) is 0 Å². The molecule has 0 spiro atoms. The number of carbonyl (C=O) groups excluding carboxylic acids is 1. The molecule has 1 saturated carbocycles. The molecule has 1 amide bonds. The summed E-state index contributed by atoms with van der Waals surface area (Å²) < 4.78 is 1.83. The van der Waals surface area contributed by atoms with Gasteiger partial charge in [0.05, 0.1) is 10.9 Å². The van der Waals surface area contributed by atoms with Gasteiger partial charge in [0.2, 0.25) is 5.91 Å². The second-order valence-electron chi connectivity index (χ2n) is 7.12. The number of nitrogens with zero attached hydrogens (tertiary/aromatic N) is 1. The van der Waals surface area contributed by atoms with Crippen LogP contribution in [-0.4, -0.2) is 21.5 Å². The van der Waals surface area contributed by atoms with Crippen molar-refractivity contribution in [3.05, 3.63) is 39.4 Å². The summed E-state index contributed by atoms with van der Waals surface area (Å²) in [4.78, 5) is 28.0. The van der Waals surface area contributed by atoms with Gasteiger partial charge < -0.3 is 10.3 Å². The van der Waals surface area contributed by atoms with E-state index in [4.69, 9.17) is 12.2 Å². The van der Waals surface area contributed by atoms with E-state index in [-0.39, 0.29) is 23.9 Å². The van der Waals surface area contributed by atoms with Crippen LogP contribution in [-0.2, 0) is 11.3 Å². The summed E-state index contributed by atoms with van der Waals surface area (Å²) in [7, 11) is 0. The number of benzene rings is 1. The van der Waals surface area contributed by atoms with Gasteiger partial charge in [-0.1, -0.05) is 38.8 Å². The first-order chi connectivity index (χ1) is 12.0. The number of nitrogens with one attached hydrogen (secondary N) is 2. The summed E-state index contributed by atoms with van der Waals surface area (Å²) in [6.07, 6.45) is 3.68. The van der Waals surface area contributed by atoms with Gasteiger partial charge in [-0.15, -0.1) is 0 Å². The topological polar surface area (TPSA) is 66.9 Å². The van der Waals surface area contributed by atoms with Crippen LogP contribution in [0.4, 0.5) is 0 Å². The van der Waals surface area contributed by atoms with Gasteiger partial charge in [0.15, 0.2) is 4.77 Å². The third kappa shape index (κ3) is 3.84. The molecule has 1 aromatic carbocycles. The van der Waals surface area contributed by atoms with E-state index >= 15 is 0 Å². The molecule has 0 saturated heterocycles. The number of aromatic nitrogens is 2. The highest BCUT2D eigenvalue weighted by Crippen LogP contribution is 2.29. The average molecular weight is 359 g/mol. The molecule has 134 valence electrons. The average Bonchev–Trinajstić information content (AvgIpc) is 2.59. The molecule has 25 heavy (non-hydrogen) atoms. The zero-order chi connectivity index (χ0) is 18.0. The quantitative estimate of drug-likeness (QED) is 0.822. The van der Waals surface area contributed by atoms with E-state index in [1.807, 2.05) is 18.2 Å². The van der Waals surface area contributed by atoms with Crippen molar-refractivity contribution >= 4 is 29.0 Å². The molecule has 1 aliphatic carbocycles. The van der Waals surface area contributed by atoms with Crippen LogP contribution in [0.2, 0.25) is 0 Å². The van der Waals surface area contributed by atoms with Crippen molar-refractivity contribution in [1.29, 1.82) is 0 Å². The first kappa shape index (κ1) is 17.9. The summed E-state index contributed by atoms with van der Waals surface area (Å²) in [6, 6.07) is 7.51. The van der Waals surface area contributed by atoms with E-state index in [1.165, 1.54) is 11.0 Å². The number of aromatic amines is 1. The van der Waals surface area contributed by atoms with Gasteiger partial charge in [-0.25, -0.2) is 0 Å². The molecule has 5 nitrogen and oxygen atoms in total. The minimum Gasteiger partial charge on any atom is -0.353 e. The van der Waals surface area contributed by atoms with Gasteiger partial charge in [-0.2, -0.15) is 0 Å². The highest BCUT2D eigenvalue weighted by atomic mass is 32.1. The second kappa shape index (κ2) is 7.52. The van der Waals surface area contributed by atoms with E-state index < -0.39 is 0 Å². The summed E-state index contributed by atoms with van der Waals surface area (Å²) in [6.45, 7) is 4.75. The Morgan fingerprint density at radius 3 is 2.88 bits per heavy atom. The molecule has 0 radical (unpaired) electrons. The molecular weight excluding hydrogens is 334 g/mol. The summed E-state index contributed by atoms with van der Waals surface area (Å²) in [5, 5.41) is 3.74. The molecule has 2 N–H and O–H groups in total. The number of hydrogen-bond acceptors (Lipinski definition) is 3. The highest BCUT2D eigenvalue weighted by molar-refractivity contribution is 7.71. The SMILES string of the molecule is C[C@@H]1[C@H](C)CCC[C@H]1NC(=O)CCn1c(=S)[nH]c2ccccc2c1=O. The fourth-order valence-corrected chi connectivity index (χ4v) is 3.96. The fourth-order valence-electron chi connectivity index (χ4n) is 3.68. The number of carbonyl (C=O) groups is 1. The lowest BCUT2D eigenvalue weighted by atomic mass is 9.78. The first-order valence-corrected chi connectivity index (χ1v) is 9.39. The number of para-hydroxylation sites is 1. The highest BCUT2D eigenvalue weighted by Gasteiger charge is 2.27. The molecule has 0 bridgehead atoms. The lowest BCUT2D eigenvalue weighted by Crippen LogP contribution is -2.44. The van der Waals surface area contributed by atoms with E-state index in [9.17, 15) is 9.59 Å². The molecule has 1 fully saturated rings. The van der Waals surface area contributed by atoms with Crippen LogP contribution in [0.15, 0.2) is 29.1 Å². The predicted octanol–water partition coefficient (Wildman–Crippen LogP) is 3.39. The third-order valence-electron chi connectivity index (χ3n) is 5.51. The Hall–Kier alpha value is -1.95. The van der Waals surface area contributed by atoms with Crippen LogP contribution in [0.25, 0.3) is 10.9 Å². The number of H-pyrrole nitrogens is 1. The number of hydrogen-bond donors (Lipinski definition) is 2. The van der Waals surface area contributed by atoms with Crippen molar-refractivity contribution in [2.75, 3.05) is 0 Å². The minimum absolute atomic E-state index is 0.0135. The molecule has 6 heteroatoms. The maximum absolute atomic E-state index is 12.6. The predicted molar refractivity (Wildman–Crippen MR) is 102 cm³/mol. The zero-order valence-corrected chi connectivity index (χ0v) is 15.6. The standard InChI is InChI=1S/C19H25N3O2S/c1-12-6-5-9-15(13(12)2)20-17(23)10-11-22-18(24)14-7-3-4-8-16(14)21-19(22)25/h3-4,7-8,12-13,15H,5-6,9-11H2,1-2H3,(H,20,23)(H,21,25)/t12-,13-,15-/m1/s1. The zero-order valence-electron chi connectivity index (χ0n) is 14.7. The third-order valence-corrected chi connectivity index (χ3v) is 5.83. The maximum atomic E-state index is 12.6. The van der Waals surface area contributed by atoms with Gasteiger partial charge in [0.25, 0.3) is 5.56 Å². The lowest BCUT2D eigenvalue weighted by Gasteiger charge is -2.34. The van der Waals surface area contributed by atoms with Crippen LogP contribution >= 0.6 is 12.2 Å². The van der Waals surface area contributed by atoms with Gasteiger partial charge in [0, 0.05) is 19.0 Å². The number of amides is 1. The van der Waals surface area contributed by atoms with Gasteiger partial charge in [-0.05, 0) is 42.6 Å². The normalized spacial score (nSPS) is 23.5. The van der Waals surface area contributed by atoms with Crippen LogP contribution in [0.3, 0.4) is 0 Å². The van der Waals surface area contributed by atoms with E-state index in [0.717, 1.165) is 18.4 Å². The number of fused-ring (bicyclic) bond motifs is 1. The van der Waals surface area contributed by atoms with Gasteiger partial charge >= 0.3 is 0 Å². The smallest absolute Gasteiger partial charge is 0.262 e. The Morgan fingerprint density at radius 2 is 2.08 bits per heavy atom. The Balaban J connectivity index is 1.69. The second-order valence-corrected chi connectivity index (χ2v) is 7.51. The van der Waals surface area contributed by atoms with Crippen molar-refractivity contribution in [3.8, 4) is 0 Å². The van der Waals surface area contributed by atoms with Crippen LogP contribution in [0, 0.1) is 16.6 Å². The molecule has 0 aliphatic heterocycles. The maximum Gasteiger partial charge on any atom is 0.262 e. The number of rotatable bonds is 4. The van der Waals surface area contributed by atoms with Crippen molar-refractivity contribution in [1.82, 2.24) is 14.9 Å². The van der Waals surface area contributed by atoms with Crippen LogP contribution < -0.4 is 10.9 Å². The Bertz CT molecular complexity index is 886. The van der Waals surface area contributed by atoms with Crippen molar-refractivity contribution in [2.45, 2.75) is 52.1 Å². The molecule has 1 aliphatic rings. The Labute approximate surface area is 152 Å². The molecule has 3 atom stereocenters. The van der Waals surface area contributed by atoms with Crippen molar-refractivity contribution in [3.63, 3.8) is 0 Å². The summed E-state index contributed by atoms with van der Waals surface area (Å²) >= 11 is 5.29. The monoisotopic (exact) mass is 359 g/mol. The van der Waals surface area contributed by atoms with E-state index in [0.29, 0.717) is 28.5 Å². The molecular formula is C19H25N3O2S. The molecule has 0 unspecified atom stereocenters. The van der Waals surface area contributed by atoms with Crippen LogP contribution in [0.5, 0.6) is 0 Å². The largest absolute Gasteiger partial charge is 0.353 e. The lowest BCUT2D eigenvalue weighted by molar-refractivity contribution is -0.122. The Morgan fingerprint density at radius 1 is 1.32 bits per heavy atom. The van der Waals surface area contributed by atoms with Gasteiger partial charge in [-0.3, -0.25) is 14.2 Å². The van der Waals surface area contributed by atoms with Crippen molar-refractivity contribution < 1.29 is 4.79 Å². The molecule has 1 heterocycles. The molecule has 1 aromatic heterocycles. The van der Waals surface area contributed by atoms with Crippen LogP contribution in [0.1, 0.15) is 39.5 Å². The fraction of sp³-hybridized carbons (Fsp3) is 0.526. The van der Waals surface area contributed by atoms with Crippen molar-refractivity contribution in [2.24, 2.45) is 11.8 Å². The molecule has 2 aromatic rings. The summed E-state index contributed by atoms with van der Waals surface area (Å²) in [5.41, 5.74) is 0.579. The van der Waals surface area contributed by atoms with E-state index in [1.54, 1.807) is 6.07 Å².